The number of benzene rings is 2. The molecule has 4 nitrogen and oxygen atoms in total. The van der Waals surface area contributed by atoms with Crippen molar-refractivity contribution in [3.05, 3.63) is 64.7 Å². The van der Waals surface area contributed by atoms with E-state index in [1.54, 1.807) is 30.3 Å². The molecule has 0 heterocycles. The molecule has 22 heavy (non-hydrogen) atoms. The highest BCUT2D eigenvalue weighted by Crippen LogP contribution is 2.31. The van der Waals surface area contributed by atoms with Crippen molar-refractivity contribution in [3.63, 3.8) is 0 Å². The van der Waals surface area contributed by atoms with Crippen molar-refractivity contribution in [2.75, 3.05) is 32.5 Å². The van der Waals surface area contributed by atoms with E-state index in [0.29, 0.717) is 28.8 Å². The van der Waals surface area contributed by atoms with E-state index < -0.39 is 0 Å². The zero-order valence-corrected chi connectivity index (χ0v) is 12.7. The molecule has 0 unspecified atom stereocenters. The lowest BCUT2D eigenvalue weighted by molar-refractivity contribution is 0.0979. The number of nitrogens with one attached hydrogen (secondary N) is 1. The van der Waals surface area contributed by atoms with Crippen LogP contribution in [-0.2, 0) is 0 Å². The van der Waals surface area contributed by atoms with Crippen LogP contribution in [0.25, 0.3) is 0 Å². The zero-order valence-electron chi connectivity index (χ0n) is 12.7. The van der Waals surface area contributed by atoms with E-state index in [2.05, 4.69) is 10.2 Å². The molecular weight excluding hydrogens is 276 g/mol. The molecule has 0 fully saturated rings. The van der Waals surface area contributed by atoms with Gasteiger partial charge in [0.25, 0.3) is 0 Å². The molecule has 0 aliphatic heterocycles. The minimum absolute atomic E-state index is 0.0820. The van der Waals surface area contributed by atoms with Crippen LogP contribution >= 0.6 is 0 Å². The van der Waals surface area contributed by atoms with E-state index in [4.69, 9.17) is 0 Å². The van der Waals surface area contributed by atoms with E-state index in [9.17, 15) is 9.59 Å². The molecule has 0 aromatic heterocycles. The van der Waals surface area contributed by atoms with Crippen LogP contribution in [0.4, 0.5) is 5.69 Å². The van der Waals surface area contributed by atoms with Gasteiger partial charge in [0, 0.05) is 35.5 Å². The van der Waals surface area contributed by atoms with Crippen LogP contribution in [-0.4, -0.2) is 43.7 Å². The Morgan fingerprint density at radius 3 is 2.18 bits per heavy atom. The number of fused-ring (bicyclic) bond motifs is 2. The molecule has 0 saturated carbocycles. The van der Waals surface area contributed by atoms with Crippen molar-refractivity contribution < 1.29 is 9.59 Å². The van der Waals surface area contributed by atoms with Crippen molar-refractivity contribution in [1.29, 1.82) is 0 Å². The average molecular weight is 294 g/mol. The maximum absolute atomic E-state index is 12.8. The molecule has 0 atom stereocenters. The fraction of sp³-hybridized carbons (Fsp3) is 0.222. The molecule has 3 rings (SSSR count). The van der Waals surface area contributed by atoms with Crippen molar-refractivity contribution in [1.82, 2.24) is 4.90 Å². The standard InChI is InChI=1S/C18H18N2O2/c1-20(2)11-10-19-15-9-5-8-14-16(15)18(22)13-7-4-3-6-12(13)17(14)21/h3-9,19H,10-11H2,1-2H3. The summed E-state index contributed by atoms with van der Waals surface area (Å²) in [6, 6.07) is 12.4. The van der Waals surface area contributed by atoms with Crippen molar-refractivity contribution in [3.8, 4) is 0 Å². The van der Waals surface area contributed by atoms with E-state index >= 15 is 0 Å². The summed E-state index contributed by atoms with van der Waals surface area (Å²) in [7, 11) is 3.99. The number of hydrogen-bond acceptors (Lipinski definition) is 4. The van der Waals surface area contributed by atoms with Crippen molar-refractivity contribution >= 4 is 17.3 Å². The topological polar surface area (TPSA) is 49.4 Å². The Labute approximate surface area is 129 Å². The second-order valence-corrected chi connectivity index (χ2v) is 5.66. The van der Waals surface area contributed by atoms with E-state index in [-0.39, 0.29) is 11.6 Å². The molecular formula is C18H18N2O2. The Bertz CT molecular complexity index is 751. The molecule has 2 aromatic rings. The summed E-state index contributed by atoms with van der Waals surface area (Å²) < 4.78 is 0. The highest BCUT2D eigenvalue weighted by Gasteiger charge is 2.31. The second-order valence-electron chi connectivity index (χ2n) is 5.66. The monoisotopic (exact) mass is 294 g/mol. The molecule has 4 heteroatoms. The first kappa shape index (κ1) is 14.5. The highest BCUT2D eigenvalue weighted by atomic mass is 16.1. The minimum atomic E-state index is -0.0850. The normalized spacial score (nSPS) is 13.0. The summed E-state index contributed by atoms with van der Waals surface area (Å²) in [5.41, 5.74) is 2.68. The Morgan fingerprint density at radius 2 is 1.50 bits per heavy atom. The minimum Gasteiger partial charge on any atom is -0.383 e. The van der Waals surface area contributed by atoms with E-state index in [1.165, 1.54) is 0 Å². The number of rotatable bonds is 4. The molecule has 112 valence electrons. The van der Waals surface area contributed by atoms with E-state index in [0.717, 1.165) is 12.2 Å². The average Bonchev–Trinajstić information content (AvgIpc) is 2.52. The summed E-state index contributed by atoms with van der Waals surface area (Å²) >= 11 is 0. The number of carbonyl (C=O) groups is 2. The number of ketones is 2. The summed E-state index contributed by atoms with van der Waals surface area (Å²) in [5.74, 6) is -0.167. The van der Waals surface area contributed by atoms with Gasteiger partial charge >= 0.3 is 0 Å². The van der Waals surface area contributed by atoms with Crippen molar-refractivity contribution in [2.45, 2.75) is 0 Å². The SMILES string of the molecule is CN(C)CCNc1cccc2c1C(=O)c1ccccc1C2=O. The van der Waals surface area contributed by atoms with Crippen LogP contribution in [0.3, 0.4) is 0 Å². The number of nitrogens with zero attached hydrogens (tertiary/aromatic N) is 1. The molecule has 0 bridgehead atoms. The van der Waals surface area contributed by atoms with Gasteiger partial charge in [-0.1, -0.05) is 36.4 Å². The van der Waals surface area contributed by atoms with Crippen LogP contribution in [0.15, 0.2) is 42.5 Å². The quantitative estimate of drug-likeness (QED) is 0.803. The molecule has 0 radical (unpaired) electrons. The Balaban J connectivity index is 2.01. The molecule has 2 aromatic carbocycles. The first-order valence-electron chi connectivity index (χ1n) is 7.29. The van der Waals surface area contributed by atoms with Crippen LogP contribution in [0.1, 0.15) is 31.8 Å². The zero-order chi connectivity index (χ0) is 15.7. The van der Waals surface area contributed by atoms with Gasteiger partial charge in [0.15, 0.2) is 11.6 Å². The van der Waals surface area contributed by atoms with Gasteiger partial charge in [0.05, 0.1) is 5.56 Å². The fourth-order valence-corrected chi connectivity index (χ4v) is 2.71. The first-order chi connectivity index (χ1) is 10.6. The summed E-state index contributed by atoms with van der Waals surface area (Å²) in [4.78, 5) is 27.4. The van der Waals surface area contributed by atoms with Gasteiger partial charge in [-0.25, -0.2) is 0 Å². The smallest absolute Gasteiger partial charge is 0.196 e. The predicted molar refractivity (Wildman–Crippen MR) is 86.8 cm³/mol. The first-order valence-corrected chi connectivity index (χ1v) is 7.29. The molecule has 1 aliphatic rings. The van der Waals surface area contributed by atoms with Crippen LogP contribution in [0, 0.1) is 0 Å². The fourth-order valence-electron chi connectivity index (χ4n) is 2.71. The molecule has 0 spiro atoms. The maximum Gasteiger partial charge on any atom is 0.196 e. The van der Waals surface area contributed by atoms with Crippen LogP contribution < -0.4 is 5.32 Å². The lowest BCUT2D eigenvalue weighted by Crippen LogP contribution is -2.25. The van der Waals surface area contributed by atoms with E-state index in [1.807, 2.05) is 26.2 Å². The summed E-state index contributed by atoms with van der Waals surface area (Å²) in [5, 5.41) is 3.27. The predicted octanol–water partition coefficient (Wildman–Crippen LogP) is 2.44. The van der Waals surface area contributed by atoms with Crippen LogP contribution in [0.2, 0.25) is 0 Å². The third-order valence-electron chi connectivity index (χ3n) is 3.83. The van der Waals surface area contributed by atoms with Gasteiger partial charge in [-0.2, -0.15) is 0 Å². The van der Waals surface area contributed by atoms with Gasteiger partial charge in [-0.05, 0) is 20.2 Å². The third kappa shape index (κ3) is 2.42. The number of carbonyl (C=O) groups excluding carboxylic acids is 2. The Kier molecular flexibility index (Phi) is 3.77. The highest BCUT2D eigenvalue weighted by molar-refractivity contribution is 6.30. The summed E-state index contributed by atoms with van der Waals surface area (Å²) in [6.45, 7) is 1.56. The molecule has 0 amide bonds. The van der Waals surface area contributed by atoms with Gasteiger partial charge in [0.2, 0.25) is 0 Å². The van der Waals surface area contributed by atoms with Crippen molar-refractivity contribution in [2.24, 2.45) is 0 Å². The maximum atomic E-state index is 12.8. The number of likely N-dealkylation sites (N-methyl/N-ethyl adjacent to an activating group) is 1. The molecule has 1 aliphatic carbocycles. The second kappa shape index (κ2) is 5.73. The summed E-state index contributed by atoms with van der Waals surface area (Å²) in [6.07, 6.45) is 0. The third-order valence-corrected chi connectivity index (χ3v) is 3.83. The Morgan fingerprint density at radius 1 is 0.864 bits per heavy atom. The van der Waals surface area contributed by atoms with Gasteiger partial charge in [0.1, 0.15) is 0 Å². The number of anilines is 1. The van der Waals surface area contributed by atoms with Gasteiger partial charge < -0.3 is 10.2 Å². The molecule has 1 N–H and O–H groups in total. The lowest BCUT2D eigenvalue weighted by atomic mass is 9.83. The number of hydrogen-bond donors (Lipinski definition) is 1. The van der Waals surface area contributed by atoms with Gasteiger partial charge in [-0.15, -0.1) is 0 Å². The molecule has 0 saturated heterocycles. The van der Waals surface area contributed by atoms with Crippen LogP contribution in [0.5, 0.6) is 0 Å². The van der Waals surface area contributed by atoms with Gasteiger partial charge in [-0.3, -0.25) is 9.59 Å². The Hall–Kier alpha value is -2.46. The largest absolute Gasteiger partial charge is 0.383 e. The lowest BCUT2D eigenvalue weighted by Gasteiger charge is -2.21.